The first kappa shape index (κ1) is 19.5. The molecule has 0 radical (unpaired) electrons. The maximum Gasteiger partial charge on any atom is 0.162 e. The molecule has 1 aromatic heterocycles. The summed E-state index contributed by atoms with van der Waals surface area (Å²) in [6, 6.07) is 8.12. The predicted molar refractivity (Wildman–Crippen MR) is 102 cm³/mol. The van der Waals surface area contributed by atoms with Crippen molar-refractivity contribution in [1.82, 2.24) is 15.0 Å². The van der Waals surface area contributed by atoms with Crippen LogP contribution in [0.4, 0.5) is 0 Å². The number of aliphatic hydroxyl groups is 1. The Kier molecular flexibility index (Phi) is 9.13. The van der Waals surface area contributed by atoms with Crippen LogP contribution in [-0.2, 0) is 6.42 Å². The summed E-state index contributed by atoms with van der Waals surface area (Å²) in [4.78, 5) is 12.1. The SMILES string of the molecule is CCCCCCCCCCC(O)Cc1ccc(-c2ncncn2)cc1. The molecule has 25 heavy (non-hydrogen) atoms. The zero-order chi connectivity index (χ0) is 17.7. The van der Waals surface area contributed by atoms with E-state index in [4.69, 9.17) is 0 Å². The van der Waals surface area contributed by atoms with Crippen molar-refractivity contribution in [3.63, 3.8) is 0 Å². The van der Waals surface area contributed by atoms with Gasteiger partial charge in [-0.25, -0.2) is 15.0 Å². The van der Waals surface area contributed by atoms with Crippen molar-refractivity contribution in [2.45, 2.75) is 77.2 Å². The highest BCUT2D eigenvalue weighted by Crippen LogP contribution is 2.17. The fourth-order valence-corrected chi connectivity index (χ4v) is 3.07. The van der Waals surface area contributed by atoms with Gasteiger partial charge in [-0.3, -0.25) is 0 Å². The summed E-state index contributed by atoms with van der Waals surface area (Å²) in [5.41, 5.74) is 2.13. The molecule has 0 aliphatic carbocycles. The van der Waals surface area contributed by atoms with Gasteiger partial charge < -0.3 is 5.11 Å². The second kappa shape index (κ2) is 11.7. The van der Waals surface area contributed by atoms with E-state index in [0.717, 1.165) is 24.0 Å². The van der Waals surface area contributed by atoms with Crippen molar-refractivity contribution in [2.24, 2.45) is 0 Å². The highest BCUT2D eigenvalue weighted by molar-refractivity contribution is 5.54. The lowest BCUT2D eigenvalue weighted by molar-refractivity contribution is 0.161. The van der Waals surface area contributed by atoms with E-state index in [-0.39, 0.29) is 6.10 Å². The van der Waals surface area contributed by atoms with Gasteiger partial charge in [-0.1, -0.05) is 82.6 Å². The molecule has 1 heterocycles. The lowest BCUT2D eigenvalue weighted by atomic mass is 10.0. The van der Waals surface area contributed by atoms with Crippen molar-refractivity contribution in [3.8, 4) is 11.4 Å². The topological polar surface area (TPSA) is 58.9 Å². The van der Waals surface area contributed by atoms with Crippen LogP contribution in [0.25, 0.3) is 11.4 Å². The van der Waals surface area contributed by atoms with Gasteiger partial charge in [-0.15, -0.1) is 0 Å². The Labute approximate surface area is 151 Å². The van der Waals surface area contributed by atoms with Gasteiger partial charge in [0, 0.05) is 5.56 Å². The first-order valence-corrected chi connectivity index (χ1v) is 9.69. The summed E-state index contributed by atoms with van der Waals surface area (Å²) < 4.78 is 0. The quantitative estimate of drug-likeness (QED) is 0.554. The van der Waals surface area contributed by atoms with Gasteiger partial charge in [0.05, 0.1) is 6.10 Å². The normalized spacial score (nSPS) is 12.2. The van der Waals surface area contributed by atoms with Gasteiger partial charge in [0.2, 0.25) is 0 Å². The van der Waals surface area contributed by atoms with Gasteiger partial charge in [0.15, 0.2) is 5.82 Å². The Balaban J connectivity index is 1.63. The van der Waals surface area contributed by atoms with Crippen LogP contribution in [0.1, 0.15) is 70.3 Å². The Hall–Kier alpha value is -1.81. The lowest BCUT2D eigenvalue weighted by Gasteiger charge is -2.11. The minimum Gasteiger partial charge on any atom is -0.393 e. The van der Waals surface area contributed by atoms with Crippen molar-refractivity contribution in [3.05, 3.63) is 42.5 Å². The molecule has 0 aliphatic heterocycles. The molecule has 0 spiro atoms. The molecule has 4 nitrogen and oxygen atoms in total. The first-order valence-electron chi connectivity index (χ1n) is 9.69. The summed E-state index contributed by atoms with van der Waals surface area (Å²) in [5.74, 6) is 0.682. The third-order valence-electron chi connectivity index (χ3n) is 4.57. The van der Waals surface area contributed by atoms with Crippen LogP contribution in [0, 0.1) is 0 Å². The summed E-state index contributed by atoms with van der Waals surface area (Å²) in [7, 11) is 0. The van der Waals surface area contributed by atoms with Gasteiger partial charge in [0.25, 0.3) is 0 Å². The van der Waals surface area contributed by atoms with E-state index in [2.05, 4.69) is 34.0 Å². The fraction of sp³-hybridized carbons (Fsp3) is 0.571. The molecule has 0 bridgehead atoms. The van der Waals surface area contributed by atoms with Gasteiger partial charge in [0.1, 0.15) is 12.7 Å². The van der Waals surface area contributed by atoms with Crippen LogP contribution in [0.3, 0.4) is 0 Å². The van der Waals surface area contributed by atoms with Crippen molar-refractivity contribution < 1.29 is 5.11 Å². The molecular formula is C21H31N3O. The van der Waals surface area contributed by atoms with E-state index in [9.17, 15) is 5.11 Å². The summed E-state index contributed by atoms with van der Waals surface area (Å²) in [6.07, 6.45) is 14.8. The van der Waals surface area contributed by atoms with Crippen molar-refractivity contribution in [2.75, 3.05) is 0 Å². The van der Waals surface area contributed by atoms with Crippen LogP contribution in [0.5, 0.6) is 0 Å². The molecule has 0 amide bonds. The highest BCUT2D eigenvalue weighted by atomic mass is 16.3. The zero-order valence-corrected chi connectivity index (χ0v) is 15.4. The average molecular weight is 341 g/mol. The molecule has 2 rings (SSSR count). The number of rotatable bonds is 12. The number of unbranched alkanes of at least 4 members (excludes halogenated alkanes) is 7. The molecule has 0 saturated heterocycles. The standard InChI is InChI=1S/C21H31N3O/c1-2-3-4-5-6-7-8-9-10-20(25)15-18-11-13-19(14-12-18)21-23-16-22-17-24-21/h11-14,16-17,20,25H,2-10,15H2,1H3. The molecule has 4 heteroatoms. The van der Waals surface area contributed by atoms with Gasteiger partial charge in [-0.2, -0.15) is 0 Å². The molecule has 1 unspecified atom stereocenters. The molecule has 0 saturated carbocycles. The van der Waals surface area contributed by atoms with E-state index in [0.29, 0.717) is 12.2 Å². The molecule has 1 N–H and O–H groups in total. The molecule has 136 valence electrons. The largest absolute Gasteiger partial charge is 0.393 e. The Morgan fingerprint density at radius 2 is 1.44 bits per heavy atom. The Morgan fingerprint density at radius 1 is 0.840 bits per heavy atom. The second-order valence-electron chi connectivity index (χ2n) is 6.78. The van der Waals surface area contributed by atoms with E-state index < -0.39 is 0 Å². The molecule has 1 atom stereocenters. The smallest absolute Gasteiger partial charge is 0.162 e. The molecule has 0 fully saturated rings. The molecule has 0 aliphatic rings. The maximum atomic E-state index is 10.2. The summed E-state index contributed by atoms with van der Waals surface area (Å²) in [6.45, 7) is 2.25. The van der Waals surface area contributed by atoms with E-state index in [1.54, 1.807) is 0 Å². The van der Waals surface area contributed by atoms with Crippen LogP contribution in [0.2, 0.25) is 0 Å². The minimum absolute atomic E-state index is 0.247. The number of hydrogen-bond donors (Lipinski definition) is 1. The number of aliphatic hydroxyl groups excluding tert-OH is 1. The molecular weight excluding hydrogens is 310 g/mol. The van der Waals surface area contributed by atoms with E-state index in [1.165, 1.54) is 57.6 Å². The molecule has 1 aromatic carbocycles. The fourth-order valence-electron chi connectivity index (χ4n) is 3.07. The number of nitrogens with zero attached hydrogens (tertiary/aromatic N) is 3. The maximum absolute atomic E-state index is 10.2. The monoisotopic (exact) mass is 341 g/mol. The van der Waals surface area contributed by atoms with E-state index in [1.807, 2.05) is 12.1 Å². The van der Waals surface area contributed by atoms with Gasteiger partial charge >= 0.3 is 0 Å². The van der Waals surface area contributed by atoms with Gasteiger partial charge in [-0.05, 0) is 18.4 Å². The summed E-state index contributed by atoms with van der Waals surface area (Å²) in [5, 5.41) is 10.2. The molecule has 2 aromatic rings. The highest BCUT2D eigenvalue weighted by Gasteiger charge is 2.07. The van der Waals surface area contributed by atoms with E-state index >= 15 is 0 Å². The predicted octanol–water partition coefficient (Wildman–Crippen LogP) is 4.97. The van der Waals surface area contributed by atoms with Crippen LogP contribution in [0.15, 0.2) is 36.9 Å². The Morgan fingerprint density at radius 3 is 2.08 bits per heavy atom. The average Bonchev–Trinajstić information content (AvgIpc) is 2.65. The van der Waals surface area contributed by atoms with Crippen molar-refractivity contribution >= 4 is 0 Å². The van der Waals surface area contributed by atoms with Crippen LogP contribution >= 0.6 is 0 Å². The number of aromatic nitrogens is 3. The van der Waals surface area contributed by atoms with Crippen LogP contribution in [-0.4, -0.2) is 26.2 Å². The Bertz CT molecular complexity index is 571. The number of benzene rings is 1. The third-order valence-corrected chi connectivity index (χ3v) is 4.57. The third kappa shape index (κ3) is 7.74. The zero-order valence-electron chi connectivity index (χ0n) is 15.4. The summed E-state index contributed by atoms with van der Waals surface area (Å²) >= 11 is 0. The lowest BCUT2D eigenvalue weighted by Crippen LogP contribution is -2.10. The van der Waals surface area contributed by atoms with Crippen LogP contribution < -0.4 is 0 Å². The second-order valence-corrected chi connectivity index (χ2v) is 6.78. The number of hydrogen-bond acceptors (Lipinski definition) is 4. The minimum atomic E-state index is -0.247. The van der Waals surface area contributed by atoms with Crippen molar-refractivity contribution in [1.29, 1.82) is 0 Å². The first-order chi connectivity index (χ1) is 12.3.